The van der Waals surface area contributed by atoms with E-state index < -0.39 is 17.5 Å². The Hall–Kier alpha value is -2.10. The maximum absolute atomic E-state index is 11.5. The van der Waals surface area contributed by atoms with E-state index in [1.807, 2.05) is 0 Å². The van der Waals surface area contributed by atoms with E-state index in [4.69, 9.17) is 9.84 Å². The monoisotopic (exact) mass is 262 g/mol. The van der Waals surface area contributed by atoms with Crippen molar-refractivity contribution in [2.45, 2.75) is 32.8 Å². The molecular weight excluding hydrogens is 244 g/mol. The van der Waals surface area contributed by atoms with Crippen LogP contribution in [0.15, 0.2) is 30.3 Å². The van der Waals surface area contributed by atoms with Gasteiger partial charge in [-0.25, -0.2) is 4.79 Å². The molecule has 19 heavy (non-hydrogen) atoms. The van der Waals surface area contributed by atoms with Crippen LogP contribution in [0.3, 0.4) is 0 Å². The third kappa shape index (κ3) is 5.86. The lowest BCUT2D eigenvalue weighted by atomic mass is 10.0. The first-order valence-electron chi connectivity index (χ1n) is 5.99. The fourth-order valence-corrected chi connectivity index (χ4v) is 1.51. The fourth-order valence-electron chi connectivity index (χ4n) is 1.51. The highest BCUT2D eigenvalue weighted by Crippen LogP contribution is 2.13. The summed E-state index contributed by atoms with van der Waals surface area (Å²) in [6, 6.07) is 7.05. The van der Waals surface area contributed by atoms with E-state index in [1.54, 1.807) is 51.1 Å². The molecule has 0 bridgehead atoms. The second-order valence-electron chi connectivity index (χ2n) is 5.14. The molecule has 0 saturated carbocycles. The standard InChI is InChI=1S/C15H18O4/c1-15(2,3)19-14(18)9-8-11-6-4-5-7-12(11)10-13(16)17/h4-9H,10H2,1-3H3,(H,16,17)/b9-8+. The van der Waals surface area contributed by atoms with E-state index in [0.717, 1.165) is 0 Å². The Balaban J connectivity index is 2.81. The van der Waals surface area contributed by atoms with Crippen molar-refractivity contribution in [3.8, 4) is 0 Å². The molecule has 0 amide bonds. The van der Waals surface area contributed by atoms with E-state index in [1.165, 1.54) is 6.08 Å². The second-order valence-corrected chi connectivity index (χ2v) is 5.14. The highest BCUT2D eigenvalue weighted by molar-refractivity contribution is 5.88. The minimum atomic E-state index is -0.905. The Morgan fingerprint density at radius 2 is 1.89 bits per heavy atom. The zero-order chi connectivity index (χ0) is 14.5. The summed E-state index contributed by atoms with van der Waals surface area (Å²) in [5.41, 5.74) is 0.827. The largest absolute Gasteiger partial charge is 0.481 e. The highest BCUT2D eigenvalue weighted by Gasteiger charge is 2.14. The molecular formula is C15H18O4. The zero-order valence-corrected chi connectivity index (χ0v) is 11.3. The van der Waals surface area contributed by atoms with Crippen molar-refractivity contribution < 1.29 is 19.4 Å². The van der Waals surface area contributed by atoms with Gasteiger partial charge >= 0.3 is 11.9 Å². The molecule has 0 aliphatic heterocycles. The van der Waals surface area contributed by atoms with Gasteiger partial charge in [0.1, 0.15) is 5.60 Å². The molecule has 0 spiro atoms. The number of carbonyl (C=O) groups is 2. The Morgan fingerprint density at radius 3 is 2.47 bits per heavy atom. The summed E-state index contributed by atoms with van der Waals surface area (Å²) >= 11 is 0. The van der Waals surface area contributed by atoms with Crippen LogP contribution in [0, 0.1) is 0 Å². The van der Waals surface area contributed by atoms with Gasteiger partial charge in [0.25, 0.3) is 0 Å². The number of hydrogen-bond acceptors (Lipinski definition) is 3. The summed E-state index contributed by atoms with van der Waals surface area (Å²) in [5, 5.41) is 8.81. The molecule has 1 rings (SSSR count). The molecule has 0 heterocycles. The quantitative estimate of drug-likeness (QED) is 0.669. The van der Waals surface area contributed by atoms with Gasteiger partial charge in [-0.1, -0.05) is 24.3 Å². The molecule has 0 saturated heterocycles. The van der Waals surface area contributed by atoms with Gasteiger partial charge in [0.05, 0.1) is 6.42 Å². The molecule has 102 valence electrons. The smallest absolute Gasteiger partial charge is 0.331 e. The summed E-state index contributed by atoms with van der Waals surface area (Å²) in [4.78, 5) is 22.3. The van der Waals surface area contributed by atoms with Gasteiger partial charge < -0.3 is 9.84 Å². The second kappa shape index (κ2) is 6.18. The van der Waals surface area contributed by atoms with Gasteiger partial charge in [-0.2, -0.15) is 0 Å². The number of carboxylic acids is 1. The molecule has 0 atom stereocenters. The Bertz CT molecular complexity index is 495. The number of hydrogen-bond donors (Lipinski definition) is 1. The molecule has 0 aromatic heterocycles. The maximum Gasteiger partial charge on any atom is 0.331 e. The first-order valence-corrected chi connectivity index (χ1v) is 5.99. The number of benzene rings is 1. The van der Waals surface area contributed by atoms with E-state index in [0.29, 0.717) is 11.1 Å². The fraction of sp³-hybridized carbons (Fsp3) is 0.333. The molecule has 0 radical (unpaired) electrons. The van der Waals surface area contributed by atoms with Crippen LogP contribution in [0.25, 0.3) is 6.08 Å². The molecule has 0 fully saturated rings. The summed E-state index contributed by atoms with van der Waals surface area (Å²) in [5.74, 6) is -1.35. The lowest BCUT2D eigenvalue weighted by Crippen LogP contribution is -2.22. The third-order valence-electron chi connectivity index (χ3n) is 2.20. The van der Waals surface area contributed by atoms with Crippen molar-refractivity contribution >= 4 is 18.0 Å². The number of rotatable bonds is 4. The van der Waals surface area contributed by atoms with E-state index >= 15 is 0 Å². The van der Waals surface area contributed by atoms with Crippen molar-refractivity contribution in [3.63, 3.8) is 0 Å². The van der Waals surface area contributed by atoms with Crippen LogP contribution < -0.4 is 0 Å². The molecule has 4 heteroatoms. The summed E-state index contributed by atoms with van der Waals surface area (Å²) in [7, 11) is 0. The normalized spacial score (nSPS) is 11.5. The van der Waals surface area contributed by atoms with Gasteiger partial charge in [0.2, 0.25) is 0 Å². The Labute approximate surface area is 112 Å². The van der Waals surface area contributed by atoms with Gasteiger partial charge in [-0.15, -0.1) is 0 Å². The SMILES string of the molecule is CC(C)(C)OC(=O)/C=C/c1ccccc1CC(=O)O. The van der Waals surface area contributed by atoms with Crippen molar-refractivity contribution in [3.05, 3.63) is 41.5 Å². The van der Waals surface area contributed by atoms with Crippen molar-refractivity contribution in [2.75, 3.05) is 0 Å². The molecule has 0 aliphatic carbocycles. The van der Waals surface area contributed by atoms with Crippen molar-refractivity contribution in [1.82, 2.24) is 0 Å². The molecule has 1 N–H and O–H groups in total. The topological polar surface area (TPSA) is 63.6 Å². The van der Waals surface area contributed by atoms with Gasteiger partial charge in [-0.05, 0) is 38.0 Å². The van der Waals surface area contributed by atoms with Gasteiger partial charge in [-0.3, -0.25) is 4.79 Å². The van der Waals surface area contributed by atoms with E-state index in [9.17, 15) is 9.59 Å². The van der Waals surface area contributed by atoms with Gasteiger partial charge in [0.15, 0.2) is 0 Å². The Kier molecular flexibility index (Phi) is 4.87. The Morgan fingerprint density at radius 1 is 1.26 bits per heavy atom. The first-order chi connectivity index (χ1) is 8.78. The van der Waals surface area contributed by atoms with E-state index in [-0.39, 0.29) is 6.42 Å². The van der Waals surface area contributed by atoms with E-state index in [2.05, 4.69) is 0 Å². The van der Waals surface area contributed by atoms with Crippen LogP contribution in [-0.4, -0.2) is 22.6 Å². The number of esters is 1. The minimum Gasteiger partial charge on any atom is -0.481 e. The third-order valence-corrected chi connectivity index (χ3v) is 2.20. The minimum absolute atomic E-state index is 0.0746. The molecule has 4 nitrogen and oxygen atoms in total. The average Bonchev–Trinajstić information content (AvgIpc) is 2.24. The van der Waals surface area contributed by atoms with Crippen LogP contribution >= 0.6 is 0 Å². The maximum atomic E-state index is 11.5. The molecule has 1 aromatic carbocycles. The van der Waals surface area contributed by atoms with Gasteiger partial charge in [0, 0.05) is 6.08 Å². The summed E-state index contributed by atoms with van der Waals surface area (Å²) in [6.45, 7) is 5.37. The summed E-state index contributed by atoms with van der Waals surface area (Å²) in [6.07, 6.45) is 2.81. The van der Waals surface area contributed by atoms with Crippen LogP contribution in [0.1, 0.15) is 31.9 Å². The predicted molar refractivity (Wildman–Crippen MR) is 72.7 cm³/mol. The predicted octanol–water partition coefficient (Wildman–Crippen LogP) is 2.67. The first kappa shape index (κ1) is 15.0. The zero-order valence-electron chi connectivity index (χ0n) is 11.3. The molecule has 0 unspecified atom stereocenters. The number of carbonyl (C=O) groups excluding carboxylic acids is 1. The van der Waals surface area contributed by atoms with Crippen molar-refractivity contribution in [2.24, 2.45) is 0 Å². The highest BCUT2D eigenvalue weighted by atomic mass is 16.6. The average molecular weight is 262 g/mol. The van der Waals surface area contributed by atoms with Crippen LogP contribution in [0.5, 0.6) is 0 Å². The number of ether oxygens (including phenoxy) is 1. The van der Waals surface area contributed by atoms with Crippen LogP contribution in [-0.2, 0) is 20.7 Å². The molecule has 0 aliphatic rings. The van der Waals surface area contributed by atoms with Crippen LogP contribution in [0.4, 0.5) is 0 Å². The number of carboxylic acid groups (broad SMARTS) is 1. The number of aliphatic carboxylic acids is 1. The van der Waals surface area contributed by atoms with Crippen LogP contribution in [0.2, 0.25) is 0 Å². The summed E-state index contributed by atoms with van der Waals surface area (Å²) < 4.78 is 5.14. The van der Waals surface area contributed by atoms with Crippen molar-refractivity contribution in [1.29, 1.82) is 0 Å². The lowest BCUT2D eigenvalue weighted by molar-refractivity contribution is -0.148. The molecule has 1 aromatic rings. The lowest BCUT2D eigenvalue weighted by Gasteiger charge is -2.17.